The summed E-state index contributed by atoms with van der Waals surface area (Å²) in [6.45, 7) is 3.90. The maximum Gasteiger partial charge on any atom is 0.322 e. The second-order valence-corrected chi connectivity index (χ2v) is 5.70. The van der Waals surface area contributed by atoms with Gasteiger partial charge in [-0.25, -0.2) is 9.78 Å². The van der Waals surface area contributed by atoms with Crippen molar-refractivity contribution in [2.45, 2.75) is 19.4 Å². The zero-order valence-corrected chi connectivity index (χ0v) is 13.5. The number of nitrogens with zero attached hydrogens (tertiary/aromatic N) is 3. The van der Waals surface area contributed by atoms with E-state index in [1.165, 1.54) is 0 Å². The fourth-order valence-electron chi connectivity index (χ4n) is 2.84. The van der Waals surface area contributed by atoms with Gasteiger partial charge in [0.1, 0.15) is 5.82 Å². The number of hydrogen-bond donors (Lipinski definition) is 1. The molecule has 2 amide bonds. The fraction of sp³-hybridized carbons (Fsp3) is 0.412. The van der Waals surface area contributed by atoms with Crippen LogP contribution in [0.15, 0.2) is 36.7 Å². The number of amides is 2. The summed E-state index contributed by atoms with van der Waals surface area (Å²) in [5.74, 6) is 0.874. The van der Waals surface area contributed by atoms with Gasteiger partial charge in [0, 0.05) is 37.2 Å². The average Bonchev–Trinajstić information content (AvgIpc) is 3.01. The Labute approximate surface area is 136 Å². The summed E-state index contributed by atoms with van der Waals surface area (Å²) in [5.41, 5.74) is 1.75. The molecule has 6 nitrogen and oxygen atoms in total. The summed E-state index contributed by atoms with van der Waals surface area (Å²) < 4.78 is 7.41. The molecule has 23 heavy (non-hydrogen) atoms. The second kappa shape index (κ2) is 6.83. The molecule has 6 heteroatoms. The lowest BCUT2D eigenvalue weighted by atomic mass is 10.1. The van der Waals surface area contributed by atoms with Gasteiger partial charge in [-0.2, -0.15) is 0 Å². The highest BCUT2D eigenvalue weighted by Gasteiger charge is 2.25. The Morgan fingerprint density at radius 3 is 3.09 bits per heavy atom. The molecule has 0 spiro atoms. The number of hydrogen-bond acceptors (Lipinski definition) is 3. The molecule has 2 heterocycles. The van der Waals surface area contributed by atoms with E-state index in [-0.39, 0.29) is 12.1 Å². The van der Waals surface area contributed by atoms with Gasteiger partial charge in [0.15, 0.2) is 0 Å². The highest BCUT2D eigenvalue weighted by Crippen LogP contribution is 2.21. The van der Waals surface area contributed by atoms with E-state index in [0.717, 1.165) is 23.5 Å². The number of carbonyl (C=O) groups excluding carboxylic acids is 1. The number of anilines is 1. The highest BCUT2D eigenvalue weighted by molar-refractivity contribution is 5.90. The number of benzene rings is 1. The first kappa shape index (κ1) is 15.6. The van der Waals surface area contributed by atoms with Crippen molar-refractivity contribution >= 4 is 11.7 Å². The van der Waals surface area contributed by atoms with Crippen molar-refractivity contribution in [3.63, 3.8) is 0 Å². The Morgan fingerprint density at radius 1 is 1.48 bits per heavy atom. The van der Waals surface area contributed by atoms with E-state index in [1.807, 2.05) is 47.0 Å². The maximum atomic E-state index is 12.5. The van der Waals surface area contributed by atoms with Crippen molar-refractivity contribution in [3.8, 4) is 11.4 Å². The fourth-order valence-corrected chi connectivity index (χ4v) is 2.84. The zero-order chi connectivity index (χ0) is 16.2. The molecule has 3 rings (SSSR count). The Hall–Kier alpha value is -2.34. The Bertz CT molecular complexity index is 683. The van der Waals surface area contributed by atoms with E-state index in [4.69, 9.17) is 4.74 Å². The van der Waals surface area contributed by atoms with Crippen LogP contribution in [-0.2, 0) is 11.8 Å². The first-order chi connectivity index (χ1) is 11.2. The van der Waals surface area contributed by atoms with Gasteiger partial charge >= 0.3 is 6.03 Å². The van der Waals surface area contributed by atoms with Crippen LogP contribution in [0.5, 0.6) is 0 Å². The van der Waals surface area contributed by atoms with Crippen LogP contribution < -0.4 is 5.32 Å². The van der Waals surface area contributed by atoms with E-state index in [1.54, 1.807) is 6.20 Å². The monoisotopic (exact) mass is 314 g/mol. The number of urea groups is 1. The van der Waals surface area contributed by atoms with E-state index in [0.29, 0.717) is 19.8 Å². The molecule has 1 aromatic heterocycles. The molecule has 0 unspecified atom stereocenters. The molecule has 1 aromatic carbocycles. The van der Waals surface area contributed by atoms with Crippen LogP contribution in [0.1, 0.15) is 13.3 Å². The van der Waals surface area contributed by atoms with Gasteiger partial charge < -0.3 is 19.5 Å². The third-order valence-corrected chi connectivity index (χ3v) is 4.15. The SMILES string of the molecule is CC[C@@H]1COCCN1C(=O)Nc1cccc(-c2nccn2C)c1. The normalized spacial score (nSPS) is 18.0. The van der Waals surface area contributed by atoms with Crippen LogP contribution in [0.2, 0.25) is 0 Å². The first-order valence-corrected chi connectivity index (χ1v) is 7.92. The number of ether oxygens (including phenoxy) is 1. The van der Waals surface area contributed by atoms with Gasteiger partial charge in [-0.3, -0.25) is 0 Å². The van der Waals surface area contributed by atoms with Crippen LogP contribution in [-0.4, -0.2) is 46.3 Å². The quantitative estimate of drug-likeness (QED) is 0.947. The standard InChI is InChI=1S/C17H22N4O2/c1-3-15-12-23-10-9-21(15)17(22)19-14-6-4-5-13(11-14)16-18-7-8-20(16)2/h4-8,11,15H,3,9-10,12H2,1-2H3,(H,19,22)/t15-/m1/s1. The third-order valence-electron chi connectivity index (χ3n) is 4.15. The molecule has 0 aliphatic carbocycles. The van der Waals surface area contributed by atoms with Crippen molar-refractivity contribution in [1.29, 1.82) is 0 Å². The average molecular weight is 314 g/mol. The van der Waals surface area contributed by atoms with Gasteiger partial charge in [-0.05, 0) is 18.6 Å². The van der Waals surface area contributed by atoms with Gasteiger partial charge in [-0.15, -0.1) is 0 Å². The maximum absolute atomic E-state index is 12.5. The van der Waals surface area contributed by atoms with Gasteiger partial charge in [0.2, 0.25) is 0 Å². The van der Waals surface area contributed by atoms with E-state index >= 15 is 0 Å². The summed E-state index contributed by atoms with van der Waals surface area (Å²) in [6.07, 6.45) is 4.56. The van der Waals surface area contributed by atoms with Crippen molar-refractivity contribution in [1.82, 2.24) is 14.5 Å². The minimum Gasteiger partial charge on any atom is -0.377 e. The molecule has 0 radical (unpaired) electrons. The lowest BCUT2D eigenvalue weighted by Crippen LogP contribution is -2.50. The van der Waals surface area contributed by atoms with Crippen LogP contribution >= 0.6 is 0 Å². The minimum atomic E-state index is -0.0721. The molecule has 2 aromatic rings. The lowest BCUT2D eigenvalue weighted by molar-refractivity contribution is 0.0144. The van der Waals surface area contributed by atoms with Crippen LogP contribution in [0, 0.1) is 0 Å². The predicted molar refractivity (Wildman–Crippen MR) is 89.3 cm³/mol. The number of morpholine rings is 1. The first-order valence-electron chi connectivity index (χ1n) is 7.92. The Kier molecular flexibility index (Phi) is 4.62. The molecule has 1 atom stereocenters. The van der Waals surface area contributed by atoms with Gasteiger partial charge in [-0.1, -0.05) is 19.1 Å². The molecule has 0 saturated carbocycles. The predicted octanol–water partition coefficient (Wildman–Crippen LogP) is 2.73. The third kappa shape index (κ3) is 3.37. The summed E-state index contributed by atoms with van der Waals surface area (Å²) in [7, 11) is 1.95. The van der Waals surface area contributed by atoms with Gasteiger partial charge in [0.25, 0.3) is 0 Å². The number of aromatic nitrogens is 2. The number of imidazole rings is 1. The van der Waals surface area contributed by atoms with Crippen LogP contribution in [0.3, 0.4) is 0 Å². The number of carbonyl (C=O) groups is 1. The molecule has 1 aliphatic heterocycles. The van der Waals surface area contributed by atoms with E-state index < -0.39 is 0 Å². The van der Waals surface area contributed by atoms with Crippen molar-refractivity contribution in [3.05, 3.63) is 36.7 Å². The molecule has 0 bridgehead atoms. The Morgan fingerprint density at radius 2 is 2.35 bits per heavy atom. The highest BCUT2D eigenvalue weighted by atomic mass is 16.5. The molecule has 1 fully saturated rings. The van der Waals surface area contributed by atoms with Crippen LogP contribution in [0.25, 0.3) is 11.4 Å². The minimum absolute atomic E-state index is 0.0721. The second-order valence-electron chi connectivity index (χ2n) is 5.70. The zero-order valence-electron chi connectivity index (χ0n) is 13.5. The molecule has 122 valence electrons. The van der Waals surface area contributed by atoms with Gasteiger partial charge in [0.05, 0.1) is 19.3 Å². The lowest BCUT2D eigenvalue weighted by Gasteiger charge is -2.35. The molecular weight excluding hydrogens is 292 g/mol. The van der Waals surface area contributed by atoms with Crippen molar-refractivity contribution in [2.75, 3.05) is 25.1 Å². The van der Waals surface area contributed by atoms with E-state index in [2.05, 4.69) is 17.2 Å². The number of aryl methyl sites for hydroxylation is 1. The van der Waals surface area contributed by atoms with Crippen molar-refractivity contribution in [2.24, 2.45) is 7.05 Å². The summed E-state index contributed by atoms with van der Waals surface area (Å²) >= 11 is 0. The van der Waals surface area contributed by atoms with Crippen molar-refractivity contribution < 1.29 is 9.53 Å². The van der Waals surface area contributed by atoms with Crippen LogP contribution in [0.4, 0.5) is 10.5 Å². The van der Waals surface area contributed by atoms with E-state index in [9.17, 15) is 4.79 Å². The smallest absolute Gasteiger partial charge is 0.322 e. The largest absolute Gasteiger partial charge is 0.377 e. The molecule has 1 saturated heterocycles. The molecule has 1 N–H and O–H groups in total. The molecule has 1 aliphatic rings. The summed E-state index contributed by atoms with van der Waals surface area (Å²) in [5, 5.41) is 2.99. The number of rotatable bonds is 3. The topological polar surface area (TPSA) is 59.4 Å². The Balaban J connectivity index is 1.75. The summed E-state index contributed by atoms with van der Waals surface area (Å²) in [4.78, 5) is 18.7. The number of nitrogens with one attached hydrogen (secondary N) is 1. The summed E-state index contributed by atoms with van der Waals surface area (Å²) in [6, 6.07) is 7.82. The molecular formula is C17H22N4O2.